The topological polar surface area (TPSA) is 76.9 Å². The summed E-state index contributed by atoms with van der Waals surface area (Å²) >= 11 is 1.27. The first-order valence-corrected chi connectivity index (χ1v) is 8.24. The molecule has 8 heteroatoms. The van der Waals surface area contributed by atoms with E-state index >= 15 is 0 Å². The zero-order valence-electron chi connectivity index (χ0n) is 13.2. The van der Waals surface area contributed by atoms with E-state index in [1.165, 1.54) is 40.3 Å². The predicted octanol–water partition coefficient (Wildman–Crippen LogP) is 2.73. The van der Waals surface area contributed by atoms with Gasteiger partial charge in [0.1, 0.15) is 16.4 Å². The highest BCUT2D eigenvalue weighted by Gasteiger charge is 2.17. The van der Waals surface area contributed by atoms with Crippen LogP contribution in [0.4, 0.5) is 9.52 Å². The number of para-hydroxylation sites is 1. The van der Waals surface area contributed by atoms with Crippen LogP contribution in [0, 0.1) is 5.82 Å². The number of halogens is 1. The van der Waals surface area contributed by atoms with Gasteiger partial charge in [-0.3, -0.25) is 14.9 Å². The molecule has 0 aliphatic heterocycles. The summed E-state index contributed by atoms with van der Waals surface area (Å²) in [6.07, 6.45) is 3.04. The highest BCUT2D eigenvalue weighted by Crippen LogP contribution is 2.18. The number of hydrogen-bond acceptors (Lipinski definition) is 5. The number of aromatic nitrogens is 3. The summed E-state index contributed by atoms with van der Waals surface area (Å²) in [5.41, 5.74) is -0.415. The number of amides is 1. The van der Waals surface area contributed by atoms with E-state index in [1.807, 2.05) is 6.92 Å². The third-order valence-electron chi connectivity index (χ3n) is 3.55. The number of pyridine rings is 1. The Morgan fingerprint density at radius 3 is 2.92 bits per heavy atom. The van der Waals surface area contributed by atoms with Crippen LogP contribution in [0.15, 0.2) is 29.2 Å². The summed E-state index contributed by atoms with van der Waals surface area (Å²) in [6.45, 7) is 2.03. The molecule has 2 aromatic heterocycles. The van der Waals surface area contributed by atoms with Gasteiger partial charge in [0, 0.05) is 25.1 Å². The molecule has 1 N–H and O–H groups in total. The maximum absolute atomic E-state index is 13.9. The number of rotatable bonds is 4. The van der Waals surface area contributed by atoms with Gasteiger partial charge in [-0.05, 0) is 18.6 Å². The minimum atomic E-state index is -0.582. The summed E-state index contributed by atoms with van der Waals surface area (Å²) in [5, 5.41) is 11.8. The minimum Gasteiger partial charge on any atom is -0.347 e. The number of hydrogen-bond donors (Lipinski definition) is 1. The van der Waals surface area contributed by atoms with Crippen molar-refractivity contribution >= 4 is 33.3 Å². The van der Waals surface area contributed by atoms with Crippen LogP contribution in [-0.2, 0) is 13.5 Å². The Hall–Kier alpha value is -2.61. The molecule has 3 aromatic rings. The van der Waals surface area contributed by atoms with E-state index in [0.717, 1.165) is 17.8 Å². The molecule has 0 spiro atoms. The predicted molar refractivity (Wildman–Crippen MR) is 91.0 cm³/mol. The number of carbonyl (C=O) groups excluding carboxylic acids is 1. The van der Waals surface area contributed by atoms with Crippen LogP contribution in [0.2, 0.25) is 0 Å². The average molecular weight is 346 g/mol. The van der Waals surface area contributed by atoms with Gasteiger partial charge in [-0.25, -0.2) is 4.39 Å². The number of benzene rings is 1. The van der Waals surface area contributed by atoms with Crippen LogP contribution >= 0.6 is 11.3 Å². The van der Waals surface area contributed by atoms with Gasteiger partial charge in [0.15, 0.2) is 0 Å². The van der Waals surface area contributed by atoms with Crippen molar-refractivity contribution in [3.05, 3.63) is 51.0 Å². The highest BCUT2D eigenvalue weighted by molar-refractivity contribution is 7.15. The molecule has 0 radical (unpaired) electrons. The first-order valence-electron chi connectivity index (χ1n) is 7.43. The van der Waals surface area contributed by atoms with Gasteiger partial charge in [-0.2, -0.15) is 0 Å². The quantitative estimate of drug-likeness (QED) is 0.788. The number of anilines is 1. The number of nitrogens with one attached hydrogen (secondary N) is 1. The van der Waals surface area contributed by atoms with E-state index < -0.39 is 17.2 Å². The molecule has 2 heterocycles. The number of nitrogens with zero attached hydrogens (tertiary/aromatic N) is 3. The van der Waals surface area contributed by atoms with E-state index in [-0.39, 0.29) is 16.5 Å². The maximum Gasteiger partial charge on any atom is 0.262 e. The largest absolute Gasteiger partial charge is 0.347 e. The zero-order valence-corrected chi connectivity index (χ0v) is 14.0. The molecule has 0 fully saturated rings. The van der Waals surface area contributed by atoms with Crippen molar-refractivity contribution in [3.63, 3.8) is 0 Å². The van der Waals surface area contributed by atoms with Gasteiger partial charge in [-0.1, -0.05) is 24.3 Å². The Bertz CT molecular complexity index is 980. The summed E-state index contributed by atoms with van der Waals surface area (Å²) in [5.74, 6) is -1.09. The van der Waals surface area contributed by atoms with Crippen molar-refractivity contribution < 1.29 is 9.18 Å². The molecule has 0 saturated heterocycles. The van der Waals surface area contributed by atoms with Gasteiger partial charge < -0.3 is 4.57 Å². The lowest BCUT2D eigenvalue weighted by Crippen LogP contribution is -2.23. The van der Waals surface area contributed by atoms with E-state index in [2.05, 4.69) is 15.5 Å². The fraction of sp³-hybridized carbons (Fsp3) is 0.250. The lowest BCUT2D eigenvalue weighted by atomic mass is 10.1. The Morgan fingerprint density at radius 1 is 1.38 bits per heavy atom. The fourth-order valence-corrected chi connectivity index (χ4v) is 3.30. The van der Waals surface area contributed by atoms with Crippen LogP contribution in [-0.4, -0.2) is 20.7 Å². The van der Waals surface area contributed by atoms with Crippen LogP contribution in [0.1, 0.15) is 28.7 Å². The monoisotopic (exact) mass is 346 g/mol. The molecular weight excluding hydrogens is 331 g/mol. The van der Waals surface area contributed by atoms with Crippen LogP contribution in [0.5, 0.6) is 0 Å². The highest BCUT2D eigenvalue weighted by atomic mass is 32.1. The summed E-state index contributed by atoms with van der Waals surface area (Å²) in [7, 11) is 1.59. The molecule has 3 rings (SSSR count). The molecule has 0 unspecified atom stereocenters. The van der Waals surface area contributed by atoms with Gasteiger partial charge in [0.05, 0.1) is 5.52 Å². The maximum atomic E-state index is 13.9. The lowest BCUT2D eigenvalue weighted by molar-refractivity contribution is 0.102. The van der Waals surface area contributed by atoms with Crippen molar-refractivity contribution in [3.8, 4) is 0 Å². The normalized spacial score (nSPS) is 11.0. The van der Waals surface area contributed by atoms with Crippen molar-refractivity contribution in [2.75, 3.05) is 5.32 Å². The summed E-state index contributed by atoms with van der Waals surface area (Å²) in [4.78, 5) is 24.9. The third-order valence-corrected chi connectivity index (χ3v) is 4.45. The Labute approximate surface area is 141 Å². The van der Waals surface area contributed by atoms with Gasteiger partial charge in [0.2, 0.25) is 10.6 Å². The first-order chi connectivity index (χ1) is 11.5. The minimum absolute atomic E-state index is 0.0668. The Morgan fingerprint density at radius 2 is 2.17 bits per heavy atom. The van der Waals surface area contributed by atoms with E-state index in [4.69, 9.17) is 0 Å². The van der Waals surface area contributed by atoms with Crippen molar-refractivity contribution in [1.29, 1.82) is 0 Å². The standard InChI is InChI=1S/C16H15FN4O2S/c1-3-5-12-19-20-16(24-12)18-15(23)10-8-21(2)13-9(14(10)22)6-4-7-11(13)17/h4,6-8H,3,5H2,1-2H3,(H,18,20,23). The van der Waals surface area contributed by atoms with Crippen LogP contribution in [0.25, 0.3) is 10.9 Å². The van der Waals surface area contributed by atoms with Gasteiger partial charge >= 0.3 is 0 Å². The van der Waals surface area contributed by atoms with Crippen molar-refractivity contribution in [2.24, 2.45) is 7.05 Å². The molecule has 24 heavy (non-hydrogen) atoms. The van der Waals surface area contributed by atoms with Gasteiger partial charge in [0.25, 0.3) is 5.91 Å². The first kappa shape index (κ1) is 16.3. The van der Waals surface area contributed by atoms with E-state index in [0.29, 0.717) is 5.13 Å². The van der Waals surface area contributed by atoms with Crippen LogP contribution < -0.4 is 10.7 Å². The number of fused-ring (bicyclic) bond motifs is 1. The van der Waals surface area contributed by atoms with E-state index in [9.17, 15) is 14.0 Å². The third kappa shape index (κ3) is 2.92. The zero-order chi connectivity index (χ0) is 17.3. The smallest absolute Gasteiger partial charge is 0.262 e. The van der Waals surface area contributed by atoms with E-state index in [1.54, 1.807) is 7.05 Å². The molecule has 0 bridgehead atoms. The molecule has 1 amide bonds. The number of carbonyl (C=O) groups is 1. The second-order valence-electron chi connectivity index (χ2n) is 5.32. The lowest BCUT2D eigenvalue weighted by Gasteiger charge is -2.09. The number of aryl methyl sites for hydroxylation is 2. The fourth-order valence-electron chi connectivity index (χ4n) is 2.46. The molecule has 0 atom stereocenters. The molecule has 124 valence electrons. The molecule has 1 aromatic carbocycles. The van der Waals surface area contributed by atoms with Crippen molar-refractivity contribution in [2.45, 2.75) is 19.8 Å². The molecule has 0 saturated carbocycles. The second-order valence-corrected chi connectivity index (χ2v) is 6.39. The van der Waals surface area contributed by atoms with Crippen LogP contribution in [0.3, 0.4) is 0 Å². The molecular formula is C16H15FN4O2S. The Balaban J connectivity index is 1.98. The second kappa shape index (κ2) is 6.48. The SMILES string of the molecule is CCCc1nnc(NC(=O)c2cn(C)c3c(F)cccc3c2=O)s1. The summed E-state index contributed by atoms with van der Waals surface area (Å²) in [6, 6.07) is 4.22. The molecule has 0 aliphatic rings. The van der Waals surface area contributed by atoms with Gasteiger partial charge in [-0.15, -0.1) is 10.2 Å². The molecule has 6 nitrogen and oxygen atoms in total. The average Bonchev–Trinajstić information content (AvgIpc) is 2.98. The Kier molecular flexibility index (Phi) is 4.39. The summed E-state index contributed by atoms with van der Waals surface area (Å²) < 4.78 is 15.3. The molecule has 0 aliphatic carbocycles. The van der Waals surface area contributed by atoms with Crippen molar-refractivity contribution in [1.82, 2.24) is 14.8 Å².